The Hall–Kier alpha value is -2.32. The number of primary amides is 1. The quantitative estimate of drug-likeness (QED) is 0.520. The van der Waals surface area contributed by atoms with Crippen molar-refractivity contribution in [2.45, 2.75) is 19.4 Å². The highest BCUT2D eigenvalue weighted by atomic mass is 16.4. The summed E-state index contributed by atoms with van der Waals surface area (Å²) in [4.78, 5) is 47.5. The third-order valence-electron chi connectivity index (χ3n) is 2.49. The van der Waals surface area contributed by atoms with Crippen LogP contribution >= 0.6 is 0 Å². The van der Waals surface area contributed by atoms with Crippen LogP contribution in [0.15, 0.2) is 0 Å². The molecule has 0 aliphatic heterocycles. The SMILES string of the molecule is CCN(CC(=O)N(C)C)C(=O)N[C@H](CC(N)=O)C(=O)O. The number of carbonyl (C=O) groups is 4. The lowest BCUT2D eigenvalue weighted by Crippen LogP contribution is -2.51. The van der Waals surface area contributed by atoms with Crippen molar-refractivity contribution in [3.63, 3.8) is 0 Å². The fourth-order valence-electron chi connectivity index (χ4n) is 1.27. The summed E-state index contributed by atoms with van der Waals surface area (Å²) in [6.45, 7) is 1.68. The Bertz CT molecular complexity index is 396. The van der Waals surface area contributed by atoms with Gasteiger partial charge < -0.3 is 26.0 Å². The van der Waals surface area contributed by atoms with E-state index in [1.165, 1.54) is 4.90 Å². The molecule has 0 rings (SSSR count). The minimum atomic E-state index is -1.41. The highest BCUT2D eigenvalue weighted by molar-refractivity contribution is 5.89. The summed E-state index contributed by atoms with van der Waals surface area (Å²) in [5, 5.41) is 11.0. The van der Waals surface area contributed by atoms with E-state index in [-0.39, 0.29) is 19.0 Å². The number of nitrogens with two attached hydrogens (primary N) is 1. The van der Waals surface area contributed by atoms with Crippen LogP contribution in [-0.2, 0) is 14.4 Å². The van der Waals surface area contributed by atoms with Crippen molar-refractivity contribution in [1.29, 1.82) is 0 Å². The maximum absolute atomic E-state index is 11.9. The van der Waals surface area contributed by atoms with Gasteiger partial charge in [0.1, 0.15) is 12.6 Å². The van der Waals surface area contributed by atoms with E-state index in [1.54, 1.807) is 21.0 Å². The second-order valence-electron chi connectivity index (χ2n) is 4.31. The number of carboxylic acids is 1. The van der Waals surface area contributed by atoms with Crippen molar-refractivity contribution in [3.05, 3.63) is 0 Å². The van der Waals surface area contributed by atoms with Gasteiger partial charge in [-0.05, 0) is 6.92 Å². The maximum atomic E-state index is 11.9. The second-order valence-corrected chi connectivity index (χ2v) is 4.31. The Morgan fingerprint density at radius 3 is 2.15 bits per heavy atom. The highest BCUT2D eigenvalue weighted by Gasteiger charge is 2.25. The van der Waals surface area contributed by atoms with E-state index >= 15 is 0 Å². The van der Waals surface area contributed by atoms with Crippen LogP contribution in [0.2, 0.25) is 0 Å². The second kappa shape index (κ2) is 7.97. The van der Waals surface area contributed by atoms with Crippen LogP contribution in [0.25, 0.3) is 0 Å². The van der Waals surface area contributed by atoms with Gasteiger partial charge in [-0.25, -0.2) is 9.59 Å². The summed E-state index contributed by atoms with van der Waals surface area (Å²) in [5.74, 6) is -2.51. The third-order valence-corrected chi connectivity index (χ3v) is 2.49. The Morgan fingerprint density at radius 2 is 1.80 bits per heavy atom. The smallest absolute Gasteiger partial charge is 0.326 e. The van der Waals surface area contributed by atoms with Crippen LogP contribution < -0.4 is 11.1 Å². The predicted molar refractivity (Wildman–Crippen MR) is 69.7 cm³/mol. The van der Waals surface area contributed by atoms with E-state index in [0.717, 1.165) is 4.90 Å². The zero-order valence-electron chi connectivity index (χ0n) is 11.8. The van der Waals surface area contributed by atoms with Crippen molar-refractivity contribution in [2.75, 3.05) is 27.2 Å². The third kappa shape index (κ3) is 6.03. The average molecular weight is 288 g/mol. The summed E-state index contributed by atoms with van der Waals surface area (Å²) >= 11 is 0. The monoisotopic (exact) mass is 288 g/mol. The van der Waals surface area contributed by atoms with E-state index in [1.807, 2.05) is 0 Å². The number of urea groups is 1. The minimum absolute atomic E-state index is 0.182. The number of aliphatic carboxylic acids is 1. The molecule has 4 amide bonds. The van der Waals surface area contributed by atoms with Gasteiger partial charge in [0.15, 0.2) is 0 Å². The number of amides is 4. The van der Waals surface area contributed by atoms with Crippen LogP contribution in [0.1, 0.15) is 13.3 Å². The first kappa shape index (κ1) is 17.7. The summed E-state index contributed by atoms with van der Waals surface area (Å²) in [6, 6.07) is -2.15. The first-order valence-corrected chi connectivity index (χ1v) is 5.95. The number of likely N-dealkylation sites (N-methyl/N-ethyl adjacent to an activating group) is 2. The van der Waals surface area contributed by atoms with Crippen LogP contribution in [0.5, 0.6) is 0 Å². The van der Waals surface area contributed by atoms with E-state index in [0.29, 0.717) is 0 Å². The molecule has 4 N–H and O–H groups in total. The molecular weight excluding hydrogens is 268 g/mol. The van der Waals surface area contributed by atoms with Crippen LogP contribution in [0, 0.1) is 0 Å². The molecule has 1 atom stereocenters. The molecule has 0 saturated heterocycles. The van der Waals surface area contributed by atoms with Gasteiger partial charge in [-0.3, -0.25) is 9.59 Å². The van der Waals surface area contributed by atoms with Crippen LogP contribution in [0.3, 0.4) is 0 Å². The molecule has 20 heavy (non-hydrogen) atoms. The molecule has 0 spiro atoms. The summed E-state index contributed by atoms with van der Waals surface area (Å²) < 4.78 is 0. The first-order valence-electron chi connectivity index (χ1n) is 5.95. The number of carboxylic acid groups (broad SMARTS) is 1. The Morgan fingerprint density at radius 1 is 1.25 bits per heavy atom. The number of nitrogens with zero attached hydrogens (tertiary/aromatic N) is 2. The summed E-state index contributed by atoms with van der Waals surface area (Å²) in [7, 11) is 3.09. The molecule has 114 valence electrons. The number of hydrogen-bond acceptors (Lipinski definition) is 4. The minimum Gasteiger partial charge on any atom is -0.480 e. The fraction of sp³-hybridized carbons (Fsp3) is 0.636. The van der Waals surface area contributed by atoms with Crippen molar-refractivity contribution in [1.82, 2.24) is 15.1 Å². The standard InChI is InChI=1S/C11H20N4O5/c1-4-15(6-9(17)14(2)3)11(20)13-7(10(18)19)5-8(12)16/h7H,4-6H2,1-3H3,(H2,12,16)(H,13,20)(H,18,19)/t7-/m1/s1. The van der Waals surface area contributed by atoms with Crippen molar-refractivity contribution in [2.24, 2.45) is 5.73 Å². The lowest BCUT2D eigenvalue weighted by molar-refractivity contribution is -0.140. The Balaban J connectivity index is 4.70. The molecule has 0 aromatic heterocycles. The molecule has 0 aliphatic rings. The molecule has 0 bridgehead atoms. The predicted octanol–water partition coefficient (Wildman–Crippen LogP) is -1.57. The van der Waals surface area contributed by atoms with Gasteiger partial charge in [-0.2, -0.15) is 0 Å². The lowest BCUT2D eigenvalue weighted by atomic mass is 10.2. The number of rotatable bonds is 7. The van der Waals surface area contributed by atoms with Gasteiger partial charge in [-0.1, -0.05) is 0 Å². The van der Waals surface area contributed by atoms with Crippen molar-refractivity contribution in [3.8, 4) is 0 Å². The van der Waals surface area contributed by atoms with E-state index in [9.17, 15) is 19.2 Å². The molecule has 0 aromatic rings. The Kier molecular flexibility index (Phi) is 7.05. The highest BCUT2D eigenvalue weighted by Crippen LogP contribution is 1.97. The number of hydrogen-bond donors (Lipinski definition) is 3. The van der Waals surface area contributed by atoms with E-state index < -0.39 is 30.4 Å². The van der Waals surface area contributed by atoms with Gasteiger partial charge >= 0.3 is 12.0 Å². The zero-order valence-corrected chi connectivity index (χ0v) is 11.8. The largest absolute Gasteiger partial charge is 0.480 e. The molecular formula is C11H20N4O5. The van der Waals surface area contributed by atoms with E-state index in [4.69, 9.17) is 10.8 Å². The average Bonchev–Trinajstić information content (AvgIpc) is 2.33. The number of carbonyl (C=O) groups excluding carboxylic acids is 3. The topological polar surface area (TPSA) is 133 Å². The van der Waals surface area contributed by atoms with Crippen LogP contribution in [0.4, 0.5) is 4.79 Å². The summed E-state index contributed by atoms with van der Waals surface area (Å²) in [6.07, 6.45) is -0.514. The molecule has 0 unspecified atom stereocenters. The molecule has 0 aliphatic carbocycles. The van der Waals surface area contributed by atoms with Crippen LogP contribution in [-0.4, -0.2) is 71.9 Å². The van der Waals surface area contributed by atoms with Gasteiger partial charge in [0, 0.05) is 20.6 Å². The normalized spacial score (nSPS) is 11.3. The molecule has 0 heterocycles. The fourth-order valence-corrected chi connectivity index (χ4v) is 1.27. The molecule has 0 saturated carbocycles. The molecule has 0 aromatic carbocycles. The number of nitrogens with one attached hydrogen (secondary N) is 1. The first-order chi connectivity index (χ1) is 9.18. The van der Waals surface area contributed by atoms with Crippen molar-refractivity contribution < 1.29 is 24.3 Å². The molecule has 9 nitrogen and oxygen atoms in total. The molecule has 0 radical (unpaired) electrons. The maximum Gasteiger partial charge on any atom is 0.326 e. The van der Waals surface area contributed by atoms with Gasteiger partial charge in [0.25, 0.3) is 0 Å². The van der Waals surface area contributed by atoms with Gasteiger partial charge in [-0.15, -0.1) is 0 Å². The van der Waals surface area contributed by atoms with Gasteiger partial charge in [0.2, 0.25) is 11.8 Å². The lowest BCUT2D eigenvalue weighted by Gasteiger charge is -2.24. The molecule has 0 fully saturated rings. The van der Waals surface area contributed by atoms with Gasteiger partial charge in [0.05, 0.1) is 6.42 Å². The summed E-state index contributed by atoms with van der Waals surface area (Å²) in [5.41, 5.74) is 4.91. The molecule has 9 heteroatoms. The zero-order chi connectivity index (χ0) is 15.9. The van der Waals surface area contributed by atoms with Crippen molar-refractivity contribution >= 4 is 23.8 Å². The van der Waals surface area contributed by atoms with E-state index in [2.05, 4.69) is 5.32 Å². The Labute approximate surface area is 116 Å².